The van der Waals surface area contributed by atoms with Gasteiger partial charge in [-0.1, -0.05) is 60.1 Å². The molecule has 6 N–H and O–H groups in total. The van der Waals surface area contributed by atoms with Crippen LogP contribution >= 0.6 is 11.6 Å². The second-order valence-corrected chi connectivity index (χ2v) is 7.99. The standard InChI is InChI=1S/C25H17ClO6/c26-19-21(28)15-10-14-17(18(15)24(31)25(19)32)23(30)22(29)16(20(14)27)13-8-4-7-12(9-13)11-5-2-1-3-6-11/h1-9,27-32H,10H2. The van der Waals surface area contributed by atoms with Crippen molar-refractivity contribution in [3.05, 3.63) is 70.7 Å². The number of hydrogen-bond acceptors (Lipinski definition) is 6. The van der Waals surface area contributed by atoms with E-state index in [1.54, 1.807) is 18.2 Å². The van der Waals surface area contributed by atoms with Gasteiger partial charge in [0.1, 0.15) is 16.5 Å². The molecule has 4 aromatic rings. The third kappa shape index (κ3) is 2.66. The summed E-state index contributed by atoms with van der Waals surface area (Å²) in [5, 5.41) is 63.1. The zero-order chi connectivity index (χ0) is 22.7. The maximum atomic E-state index is 11.1. The van der Waals surface area contributed by atoms with Gasteiger partial charge in [0.15, 0.2) is 23.0 Å². The average Bonchev–Trinajstić information content (AvgIpc) is 3.22. The van der Waals surface area contributed by atoms with Crippen molar-refractivity contribution in [1.29, 1.82) is 0 Å². The molecule has 5 rings (SSSR count). The fourth-order valence-electron chi connectivity index (χ4n) is 4.31. The molecule has 0 radical (unpaired) electrons. The van der Waals surface area contributed by atoms with Gasteiger partial charge in [-0.3, -0.25) is 0 Å². The molecule has 1 aliphatic carbocycles. The number of benzene rings is 4. The van der Waals surface area contributed by atoms with Crippen LogP contribution in [0.4, 0.5) is 0 Å². The molecule has 0 amide bonds. The number of fused-ring (bicyclic) bond motifs is 3. The Bertz CT molecular complexity index is 1410. The molecule has 4 aromatic carbocycles. The smallest absolute Gasteiger partial charge is 0.181 e. The zero-order valence-electron chi connectivity index (χ0n) is 16.5. The van der Waals surface area contributed by atoms with Crippen molar-refractivity contribution in [3.8, 4) is 67.9 Å². The molecule has 0 saturated heterocycles. The highest BCUT2D eigenvalue weighted by Crippen LogP contribution is 2.61. The number of hydrogen-bond donors (Lipinski definition) is 6. The van der Waals surface area contributed by atoms with E-state index < -0.39 is 33.8 Å². The first-order valence-electron chi connectivity index (χ1n) is 9.72. The van der Waals surface area contributed by atoms with E-state index in [-0.39, 0.29) is 40.0 Å². The largest absolute Gasteiger partial charge is 0.507 e. The first kappa shape index (κ1) is 19.9. The summed E-state index contributed by atoms with van der Waals surface area (Å²) < 4.78 is 0. The highest BCUT2D eigenvalue weighted by Gasteiger charge is 2.36. The van der Waals surface area contributed by atoms with Crippen LogP contribution in [-0.4, -0.2) is 30.6 Å². The summed E-state index contributed by atoms with van der Waals surface area (Å²) in [5.74, 6) is -3.38. The number of rotatable bonds is 2. The van der Waals surface area contributed by atoms with Crippen molar-refractivity contribution < 1.29 is 30.6 Å². The molecule has 1 aliphatic rings. The predicted octanol–water partition coefficient (Wildman–Crippen LogP) is 5.48. The Labute approximate surface area is 187 Å². The zero-order valence-corrected chi connectivity index (χ0v) is 17.2. The molecule has 32 heavy (non-hydrogen) atoms. The number of phenolic OH excluding ortho intramolecular Hbond substituents is 6. The average molecular weight is 449 g/mol. The first-order valence-corrected chi connectivity index (χ1v) is 10.1. The van der Waals surface area contributed by atoms with Crippen LogP contribution in [0.2, 0.25) is 5.02 Å². The van der Waals surface area contributed by atoms with Gasteiger partial charge in [0.2, 0.25) is 0 Å². The van der Waals surface area contributed by atoms with Crippen molar-refractivity contribution in [1.82, 2.24) is 0 Å². The minimum absolute atomic E-state index is 0.0149. The SMILES string of the molecule is Oc1c(O)c2c(c(O)c1Cl)Cc1c(O)c(-c3cccc(-c4ccccc4)c3)c(O)c(O)c1-2. The monoisotopic (exact) mass is 448 g/mol. The third-order valence-corrected chi connectivity index (χ3v) is 6.21. The lowest BCUT2D eigenvalue weighted by Gasteiger charge is -2.16. The molecule has 0 unspecified atom stereocenters. The maximum Gasteiger partial charge on any atom is 0.181 e. The molecule has 0 saturated carbocycles. The van der Waals surface area contributed by atoms with Gasteiger partial charge in [0.05, 0.1) is 5.56 Å². The van der Waals surface area contributed by atoms with Gasteiger partial charge in [-0.2, -0.15) is 0 Å². The molecule has 6 nitrogen and oxygen atoms in total. The predicted molar refractivity (Wildman–Crippen MR) is 121 cm³/mol. The Morgan fingerprint density at radius 1 is 0.500 bits per heavy atom. The van der Waals surface area contributed by atoms with E-state index in [0.717, 1.165) is 11.1 Å². The van der Waals surface area contributed by atoms with Gasteiger partial charge in [-0.15, -0.1) is 0 Å². The molecule has 0 bridgehead atoms. The molecular formula is C25H17ClO6. The lowest BCUT2D eigenvalue weighted by Crippen LogP contribution is -1.90. The lowest BCUT2D eigenvalue weighted by molar-refractivity contribution is 0.394. The molecule has 160 valence electrons. The quantitative estimate of drug-likeness (QED) is 0.157. The third-order valence-electron chi connectivity index (χ3n) is 5.85. The molecule has 0 aliphatic heterocycles. The van der Waals surface area contributed by atoms with E-state index in [1.807, 2.05) is 36.4 Å². The van der Waals surface area contributed by atoms with Gasteiger partial charge in [-0.25, -0.2) is 0 Å². The molecule has 0 fully saturated rings. The topological polar surface area (TPSA) is 121 Å². The molecular weight excluding hydrogens is 432 g/mol. The van der Waals surface area contributed by atoms with Gasteiger partial charge in [0, 0.05) is 28.7 Å². The summed E-state index contributed by atoms with van der Waals surface area (Å²) in [5.41, 5.74) is 2.40. The Morgan fingerprint density at radius 3 is 1.72 bits per heavy atom. The van der Waals surface area contributed by atoms with E-state index >= 15 is 0 Å². The second-order valence-electron chi connectivity index (χ2n) is 7.61. The molecule has 7 heteroatoms. The van der Waals surface area contributed by atoms with E-state index in [4.69, 9.17) is 11.6 Å². The fourth-order valence-corrected chi connectivity index (χ4v) is 4.51. The molecule has 0 aromatic heterocycles. The van der Waals surface area contributed by atoms with Crippen molar-refractivity contribution in [2.75, 3.05) is 0 Å². The normalized spacial score (nSPS) is 11.9. The number of aromatic hydroxyl groups is 6. The number of phenols is 6. The van der Waals surface area contributed by atoms with Gasteiger partial charge < -0.3 is 30.6 Å². The molecule has 0 heterocycles. The van der Waals surface area contributed by atoms with Gasteiger partial charge in [0.25, 0.3) is 0 Å². The van der Waals surface area contributed by atoms with Crippen molar-refractivity contribution in [2.45, 2.75) is 6.42 Å². The summed E-state index contributed by atoms with van der Waals surface area (Å²) in [6.45, 7) is 0. The van der Waals surface area contributed by atoms with Crippen molar-refractivity contribution >= 4 is 11.6 Å². The Balaban J connectivity index is 1.75. The summed E-state index contributed by atoms with van der Waals surface area (Å²) in [4.78, 5) is 0. The van der Waals surface area contributed by atoms with Crippen LogP contribution < -0.4 is 0 Å². The van der Waals surface area contributed by atoms with E-state index in [2.05, 4.69) is 0 Å². The van der Waals surface area contributed by atoms with E-state index in [9.17, 15) is 30.6 Å². The van der Waals surface area contributed by atoms with Crippen LogP contribution in [0.1, 0.15) is 11.1 Å². The minimum Gasteiger partial charge on any atom is -0.507 e. The van der Waals surface area contributed by atoms with E-state index in [0.29, 0.717) is 5.56 Å². The summed E-state index contributed by atoms with van der Waals surface area (Å²) in [6, 6.07) is 16.7. The van der Waals surface area contributed by atoms with Crippen molar-refractivity contribution in [2.24, 2.45) is 0 Å². The van der Waals surface area contributed by atoms with Crippen LogP contribution in [0.15, 0.2) is 54.6 Å². The number of halogens is 1. The lowest BCUT2D eigenvalue weighted by atomic mass is 9.93. The highest BCUT2D eigenvalue weighted by atomic mass is 35.5. The maximum absolute atomic E-state index is 11.1. The first-order chi connectivity index (χ1) is 15.3. The Hall–Kier alpha value is -4.03. The Morgan fingerprint density at radius 2 is 1.03 bits per heavy atom. The van der Waals surface area contributed by atoms with Crippen LogP contribution in [-0.2, 0) is 6.42 Å². The van der Waals surface area contributed by atoms with Crippen molar-refractivity contribution in [3.63, 3.8) is 0 Å². The summed E-state index contributed by atoms with van der Waals surface area (Å²) >= 11 is 5.89. The van der Waals surface area contributed by atoms with Crippen LogP contribution in [0.3, 0.4) is 0 Å². The van der Waals surface area contributed by atoms with Crippen LogP contribution in [0, 0.1) is 0 Å². The minimum atomic E-state index is -0.756. The van der Waals surface area contributed by atoms with E-state index in [1.165, 1.54) is 0 Å². The van der Waals surface area contributed by atoms with Crippen LogP contribution in [0.5, 0.6) is 34.5 Å². The second kappa shape index (κ2) is 7.00. The highest BCUT2D eigenvalue weighted by molar-refractivity contribution is 6.34. The molecule has 0 spiro atoms. The fraction of sp³-hybridized carbons (Fsp3) is 0.0400. The summed E-state index contributed by atoms with van der Waals surface area (Å²) in [7, 11) is 0. The summed E-state index contributed by atoms with van der Waals surface area (Å²) in [6.07, 6.45) is -0.0743. The Kier molecular flexibility index (Phi) is 4.36. The molecule has 0 atom stereocenters. The van der Waals surface area contributed by atoms with Gasteiger partial charge >= 0.3 is 0 Å². The van der Waals surface area contributed by atoms with Crippen LogP contribution in [0.25, 0.3) is 33.4 Å². The van der Waals surface area contributed by atoms with Gasteiger partial charge in [-0.05, 0) is 22.8 Å².